The van der Waals surface area contributed by atoms with E-state index in [4.69, 9.17) is 23.2 Å². The Hall–Kier alpha value is -3.88. The van der Waals surface area contributed by atoms with Crippen LogP contribution in [-0.2, 0) is 7.05 Å². The average Bonchev–Trinajstić information content (AvgIpc) is 2.96. The molecule has 0 N–H and O–H groups in total. The molecule has 4 aromatic rings. The van der Waals surface area contributed by atoms with Gasteiger partial charge in [-0.2, -0.15) is 10.5 Å². The highest BCUT2D eigenvalue weighted by molar-refractivity contribution is 6.30. The van der Waals surface area contributed by atoms with E-state index in [0.29, 0.717) is 46.4 Å². The second-order valence-electron chi connectivity index (χ2n) is 9.63. The number of rotatable bonds is 5. The van der Waals surface area contributed by atoms with Gasteiger partial charge in [-0.05, 0) is 53.9 Å². The van der Waals surface area contributed by atoms with Crippen LogP contribution in [-0.4, -0.2) is 40.1 Å². The molecule has 0 radical (unpaired) electrons. The molecule has 0 saturated carbocycles. The fourth-order valence-corrected chi connectivity index (χ4v) is 5.76. The SMILES string of the molecule is CC[C@@H]1CN(c2c(C#N)c(=O)n(C)c3ccc(C#N)nc23)CCN1C(c1ccc(Cl)cc1)c1ccc(Cl)cc1. The van der Waals surface area contributed by atoms with Crippen molar-refractivity contribution >= 4 is 39.9 Å². The molecule has 9 heteroatoms. The number of fused-ring (bicyclic) bond motifs is 1. The Morgan fingerprint density at radius 3 is 2.10 bits per heavy atom. The molecule has 39 heavy (non-hydrogen) atoms. The van der Waals surface area contributed by atoms with Crippen molar-refractivity contribution in [3.05, 3.63) is 103 Å². The van der Waals surface area contributed by atoms with Crippen molar-refractivity contribution in [1.29, 1.82) is 10.5 Å². The van der Waals surface area contributed by atoms with E-state index in [1.165, 1.54) is 4.57 Å². The van der Waals surface area contributed by atoms with Gasteiger partial charge in [0.15, 0.2) is 0 Å². The van der Waals surface area contributed by atoms with E-state index in [2.05, 4.69) is 58.1 Å². The molecule has 0 unspecified atom stereocenters. The van der Waals surface area contributed by atoms with E-state index < -0.39 is 0 Å². The summed E-state index contributed by atoms with van der Waals surface area (Å²) in [6.45, 7) is 3.97. The van der Waals surface area contributed by atoms with Crippen LogP contribution in [0.15, 0.2) is 65.5 Å². The number of nitriles is 2. The van der Waals surface area contributed by atoms with Gasteiger partial charge in [0.1, 0.15) is 28.9 Å². The first-order chi connectivity index (χ1) is 18.9. The number of hydrogen-bond acceptors (Lipinski definition) is 6. The fourth-order valence-electron chi connectivity index (χ4n) is 5.51. The lowest BCUT2D eigenvalue weighted by Crippen LogP contribution is -2.54. The van der Waals surface area contributed by atoms with Crippen LogP contribution in [0.25, 0.3) is 11.0 Å². The van der Waals surface area contributed by atoms with Gasteiger partial charge in [-0.15, -0.1) is 0 Å². The van der Waals surface area contributed by atoms with E-state index in [1.54, 1.807) is 19.2 Å². The summed E-state index contributed by atoms with van der Waals surface area (Å²) >= 11 is 12.4. The highest BCUT2D eigenvalue weighted by Gasteiger charge is 2.35. The molecule has 5 rings (SSSR count). The lowest BCUT2D eigenvalue weighted by molar-refractivity contribution is 0.135. The van der Waals surface area contributed by atoms with Gasteiger partial charge in [-0.25, -0.2) is 4.98 Å². The molecule has 0 spiro atoms. The van der Waals surface area contributed by atoms with Gasteiger partial charge in [0.2, 0.25) is 0 Å². The quantitative estimate of drug-likeness (QED) is 0.314. The summed E-state index contributed by atoms with van der Waals surface area (Å²) in [5, 5.41) is 20.9. The molecule has 7 nitrogen and oxygen atoms in total. The molecule has 0 bridgehead atoms. The summed E-state index contributed by atoms with van der Waals surface area (Å²) in [5.41, 5.74) is 3.72. The summed E-state index contributed by atoms with van der Waals surface area (Å²) in [5.74, 6) is 0. The Morgan fingerprint density at radius 1 is 0.949 bits per heavy atom. The molecule has 1 fully saturated rings. The monoisotopic (exact) mass is 556 g/mol. The standard InChI is InChI=1S/C30H26Cl2N6O/c1-3-24-18-37(29-25(17-34)30(39)36(2)26-13-12-23(16-33)35-27(26)29)14-15-38(24)28(19-4-8-21(31)9-5-19)20-6-10-22(32)11-7-20/h4-13,24,28H,3,14-15,18H2,1-2H3/t24-/m1/s1. The number of aromatic nitrogens is 2. The van der Waals surface area contributed by atoms with Crippen LogP contribution in [0.2, 0.25) is 10.0 Å². The third-order valence-electron chi connectivity index (χ3n) is 7.46. The van der Waals surface area contributed by atoms with Gasteiger partial charge in [-0.3, -0.25) is 9.69 Å². The van der Waals surface area contributed by atoms with Gasteiger partial charge in [0.25, 0.3) is 5.56 Å². The number of halogens is 2. The molecule has 2 aromatic heterocycles. The molecule has 3 heterocycles. The Balaban J connectivity index is 1.59. The van der Waals surface area contributed by atoms with Gasteiger partial charge >= 0.3 is 0 Å². The molecule has 2 aromatic carbocycles. The maximum absolute atomic E-state index is 13.2. The minimum atomic E-state index is -0.373. The molecule has 0 amide bonds. The van der Waals surface area contributed by atoms with Crippen molar-refractivity contribution in [3.63, 3.8) is 0 Å². The Morgan fingerprint density at radius 2 is 1.56 bits per heavy atom. The van der Waals surface area contributed by atoms with Crippen molar-refractivity contribution in [2.75, 3.05) is 24.5 Å². The summed E-state index contributed by atoms with van der Waals surface area (Å²) < 4.78 is 1.43. The van der Waals surface area contributed by atoms with E-state index in [0.717, 1.165) is 17.5 Å². The number of anilines is 1. The van der Waals surface area contributed by atoms with Gasteiger partial charge in [0.05, 0.1) is 17.2 Å². The number of aryl methyl sites for hydroxylation is 1. The number of pyridine rings is 2. The summed E-state index contributed by atoms with van der Waals surface area (Å²) in [7, 11) is 1.62. The third-order valence-corrected chi connectivity index (χ3v) is 7.96. The smallest absolute Gasteiger partial charge is 0.270 e. The Bertz CT molecular complexity index is 1620. The molecule has 1 saturated heterocycles. The van der Waals surface area contributed by atoms with Crippen LogP contribution in [0.5, 0.6) is 0 Å². The molecule has 0 aliphatic carbocycles. The number of benzene rings is 2. The van der Waals surface area contributed by atoms with Crippen molar-refractivity contribution in [3.8, 4) is 12.1 Å². The normalized spacial score (nSPS) is 15.9. The second-order valence-corrected chi connectivity index (χ2v) is 10.5. The summed E-state index contributed by atoms with van der Waals surface area (Å²) in [4.78, 5) is 22.3. The highest BCUT2D eigenvalue weighted by Crippen LogP contribution is 2.36. The van der Waals surface area contributed by atoms with Crippen molar-refractivity contribution < 1.29 is 0 Å². The number of hydrogen-bond donors (Lipinski definition) is 0. The van der Waals surface area contributed by atoms with Crippen LogP contribution < -0.4 is 10.5 Å². The number of nitrogens with zero attached hydrogens (tertiary/aromatic N) is 6. The van der Waals surface area contributed by atoms with Crippen LogP contribution in [0.4, 0.5) is 5.69 Å². The maximum Gasteiger partial charge on any atom is 0.270 e. The predicted molar refractivity (Wildman–Crippen MR) is 154 cm³/mol. The zero-order chi connectivity index (χ0) is 27.7. The van der Waals surface area contributed by atoms with E-state index in [-0.39, 0.29) is 28.9 Å². The van der Waals surface area contributed by atoms with E-state index in [1.807, 2.05) is 24.3 Å². The van der Waals surface area contributed by atoms with Crippen LogP contribution in [0.3, 0.4) is 0 Å². The van der Waals surface area contributed by atoms with Crippen LogP contribution >= 0.6 is 23.2 Å². The number of piperazine rings is 1. The highest BCUT2D eigenvalue weighted by atomic mass is 35.5. The van der Waals surface area contributed by atoms with E-state index in [9.17, 15) is 15.3 Å². The molecule has 196 valence electrons. The molecule has 1 atom stereocenters. The second kappa shape index (κ2) is 11.1. The first-order valence-electron chi connectivity index (χ1n) is 12.7. The van der Waals surface area contributed by atoms with Gasteiger partial charge in [-0.1, -0.05) is 54.4 Å². The zero-order valence-electron chi connectivity index (χ0n) is 21.6. The third kappa shape index (κ3) is 4.97. The maximum atomic E-state index is 13.2. The topological polar surface area (TPSA) is 88.9 Å². The van der Waals surface area contributed by atoms with Gasteiger partial charge < -0.3 is 9.47 Å². The zero-order valence-corrected chi connectivity index (χ0v) is 23.1. The minimum Gasteiger partial charge on any atom is -0.366 e. The molecule has 1 aliphatic rings. The predicted octanol–water partition coefficient (Wildman–Crippen LogP) is 5.67. The summed E-state index contributed by atoms with van der Waals surface area (Å²) in [6.07, 6.45) is 0.843. The lowest BCUT2D eigenvalue weighted by atomic mass is 9.93. The molecular weight excluding hydrogens is 531 g/mol. The minimum absolute atomic E-state index is 0.0363. The fraction of sp³-hybridized carbons (Fsp3) is 0.267. The first-order valence-corrected chi connectivity index (χ1v) is 13.5. The van der Waals surface area contributed by atoms with Gasteiger partial charge in [0, 0.05) is 42.8 Å². The Labute approximate surface area is 237 Å². The van der Waals surface area contributed by atoms with Crippen molar-refractivity contribution in [1.82, 2.24) is 14.5 Å². The molecule has 1 aliphatic heterocycles. The van der Waals surface area contributed by atoms with E-state index >= 15 is 0 Å². The first kappa shape index (κ1) is 26.7. The summed E-state index contributed by atoms with van der Waals surface area (Å²) in [6, 6.07) is 23.4. The molecular formula is C30H26Cl2N6O. The van der Waals surface area contributed by atoms with Crippen molar-refractivity contribution in [2.24, 2.45) is 7.05 Å². The lowest BCUT2D eigenvalue weighted by Gasteiger charge is -2.46. The van der Waals surface area contributed by atoms with Crippen molar-refractivity contribution in [2.45, 2.75) is 25.4 Å². The van der Waals surface area contributed by atoms with Crippen LogP contribution in [0.1, 0.15) is 41.8 Å². The average molecular weight is 557 g/mol. The largest absolute Gasteiger partial charge is 0.366 e. The van der Waals surface area contributed by atoms with Crippen LogP contribution in [0, 0.1) is 22.7 Å². The Kier molecular flexibility index (Phi) is 7.59.